The molecule has 0 fully saturated rings. The van der Waals surface area contributed by atoms with Crippen LogP contribution in [0.15, 0.2) is 54.9 Å². The molecular weight excluding hydrogens is 372 g/mol. The van der Waals surface area contributed by atoms with Gasteiger partial charge in [-0.05, 0) is 56.9 Å². The van der Waals surface area contributed by atoms with Gasteiger partial charge in [0.2, 0.25) is 5.95 Å². The zero-order chi connectivity index (χ0) is 19.8. The maximum atomic E-state index is 6.08. The van der Waals surface area contributed by atoms with Gasteiger partial charge in [-0.2, -0.15) is 4.98 Å². The van der Waals surface area contributed by atoms with E-state index in [9.17, 15) is 0 Å². The summed E-state index contributed by atoms with van der Waals surface area (Å²) < 4.78 is 0. The molecular formula is C21H25ClN6. The molecule has 0 radical (unpaired) electrons. The number of halogens is 1. The number of nitrogens with zero attached hydrogens (tertiary/aromatic N) is 4. The van der Waals surface area contributed by atoms with Crippen LogP contribution in [0.4, 0.5) is 11.8 Å². The van der Waals surface area contributed by atoms with E-state index in [1.807, 2.05) is 42.5 Å². The Morgan fingerprint density at radius 3 is 2.57 bits per heavy atom. The SMILES string of the molecule is CN(C)CCCNc1nc(NCc2cccc(Cl)c2)cc(-c2ccncc2)n1. The Balaban J connectivity index is 1.76. The minimum atomic E-state index is 0.613. The summed E-state index contributed by atoms with van der Waals surface area (Å²) in [7, 11) is 4.14. The zero-order valence-corrected chi connectivity index (χ0v) is 16.9. The first-order valence-corrected chi connectivity index (χ1v) is 9.64. The Labute approximate surface area is 171 Å². The quantitative estimate of drug-likeness (QED) is 0.529. The summed E-state index contributed by atoms with van der Waals surface area (Å²) in [5.41, 5.74) is 2.94. The summed E-state index contributed by atoms with van der Waals surface area (Å²) in [6, 6.07) is 13.6. The van der Waals surface area contributed by atoms with E-state index in [-0.39, 0.29) is 0 Å². The van der Waals surface area contributed by atoms with Crippen molar-refractivity contribution in [3.63, 3.8) is 0 Å². The van der Waals surface area contributed by atoms with E-state index in [2.05, 4.69) is 44.6 Å². The molecule has 3 rings (SSSR count). The lowest BCUT2D eigenvalue weighted by Gasteiger charge is -2.13. The van der Waals surface area contributed by atoms with Crippen LogP contribution in [0.5, 0.6) is 0 Å². The molecule has 2 N–H and O–H groups in total. The Kier molecular flexibility index (Phi) is 7.17. The van der Waals surface area contributed by atoms with Crippen LogP contribution in [0.25, 0.3) is 11.3 Å². The van der Waals surface area contributed by atoms with Gasteiger partial charge in [0.15, 0.2) is 0 Å². The molecule has 2 aromatic heterocycles. The third-order valence-electron chi connectivity index (χ3n) is 4.13. The summed E-state index contributed by atoms with van der Waals surface area (Å²) >= 11 is 6.08. The molecule has 6 nitrogen and oxygen atoms in total. The van der Waals surface area contributed by atoms with Gasteiger partial charge in [0, 0.05) is 42.1 Å². The van der Waals surface area contributed by atoms with Crippen molar-refractivity contribution in [1.29, 1.82) is 0 Å². The number of anilines is 2. The second-order valence-electron chi connectivity index (χ2n) is 6.77. The van der Waals surface area contributed by atoms with Crippen molar-refractivity contribution in [2.24, 2.45) is 0 Å². The zero-order valence-electron chi connectivity index (χ0n) is 16.2. The molecule has 0 amide bonds. The van der Waals surface area contributed by atoms with E-state index in [4.69, 9.17) is 11.6 Å². The second kappa shape index (κ2) is 10.0. The fourth-order valence-corrected chi connectivity index (χ4v) is 2.94. The predicted molar refractivity (Wildman–Crippen MR) is 116 cm³/mol. The molecule has 7 heteroatoms. The summed E-state index contributed by atoms with van der Waals surface area (Å²) in [6.45, 7) is 2.45. The van der Waals surface area contributed by atoms with Crippen molar-refractivity contribution in [3.8, 4) is 11.3 Å². The monoisotopic (exact) mass is 396 g/mol. The first kappa shape index (κ1) is 20.0. The van der Waals surface area contributed by atoms with Crippen LogP contribution in [0.1, 0.15) is 12.0 Å². The Hall–Kier alpha value is -2.70. The van der Waals surface area contributed by atoms with Crippen LogP contribution in [-0.4, -0.2) is 47.0 Å². The van der Waals surface area contributed by atoms with Crippen molar-refractivity contribution in [1.82, 2.24) is 19.9 Å². The summed E-state index contributed by atoms with van der Waals surface area (Å²) in [4.78, 5) is 15.5. The fraction of sp³-hybridized carbons (Fsp3) is 0.286. The lowest BCUT2D eigenvalue weighted by molar-refractivity contribution is 0.405. The van der Waals surface area contributed by atoms with Gasteiger partial charge >= 0.3 is 0 Å². The average molecular weight is 397 g/mol. The number of rotatable bonds is 9. The van der Waals surface area contributed by atoms with Crippen LogP contribution >= 0.6 is 11.6 Å². The number of aromatic nitrogens is 3. The van der Waals surface area contributed by atoms with E-state index in [1.54, 1.807) is 12.4 Å². The van der Waals surface area contributed by atoms with Crippen LogP contribution in [0, 0.1) is 0 Å². The van der Waals surface area contributed by atoms with Crippen LogP contribution in [0.3, 0.4) is 0 Å². The molecule has 0 spiro atoms. The van der Waals surface area contributed by atoms with Gasteiger partial charge in [0.25, 0.3) is 0 Å². The van der Waals surface area contributed by atoms with Gasteiger partial charge in [-0.3, -0.25) is 4.98 Å². The lowest BCUT2D eigenvalue weighted by Crippen LogP contribution is -2.17. The fourth-order valence-electron chi connectivity index (χ4n) is 2.72. The highest BCUT2D eigenvalue weighted by atomic mass is 35.5. The molecule has 0 bridgehead atoms. The number of benzene rings is 1. The van der Waals surface area contributed by atoms with E-state index in [0.717, 1.165) is 47.2 Å². The van der Waals surface area contributed by atoms with Crippen molar-refractivity contribution in [2.75, 3.05) is 37.8 Å². The number of pyridine rings is 1. The molecule has 0 unspecified atom stereocenters. The smallest absolute Gasteiger partial charge is 0.225 e. The van der Waals surface area contributed by atoms with Gasteiger partial charge in [-0.15, -0.1) is 0 Å². The van der Waals surface area contributed by atoms with Crippen molar-refractivity contribution >= 4 is 23.4 Å². The number of nitrogens with one attached hydrogen (secondary N) is 2. The first-order valence-electron chi connectivity index (χ1n) is 9.26. The summed E-state index contributed by atoms with van der Waals surface area (Å²) in [5, 5.41) is 7.43. The third-order valence-corrected chi connectivity index (χ3v) is 4.37. The van der Waals surface area contributed by atoms with Gasteiger partial charge in [0.05, 0.1) is 5.69 Å². The molecule has 3 aromatic rings. The molecule has 0 aliphatic carbocycles. The van der Waals surface area contributed by atoms with E-state index in [0.29, 0.717) is 12.5 Å². The molecule has 2 heterocycles. The van der Waals surface area contributed by atoms with E-state index in [1.165, 1.54) is 0 Å². The largest absolute Gasteiger partial charge is 0.366 e. The highest BCUT2D eigenvalue weighted by molar-refractivity contribution is 6.30. The molecule has 0 saturated carbocycles. The van der Waals surface area contributed by atoms with Gasteiger partial charge < -0.3 is 15.5 Å². The number of hydrogen-bond donors (Lipinski definition) is 2. The second-order valence-corrected chi connectivity index (χ2v) is 7.20. The van der Waals surface area contributed by atoms with Crippen LogP contribution in [0.2, 0.25) is 5.02 Å². The average Bonchev–Trinajstić information content (AvgIpc) is 2.70. The minimum absolute atomic E-state index is 0.613. The normalized spacial score (nSPS) is 10.9. The maximum absolute atomic E-state index is 6.08. The molecule has 0 aliphatic heterocycles. The van der Waals surface area contributed by atoms with Gasteiger partial charge in [-0.25, -0.2) is 4.98 Å². The molecule has 0 saturated heterocycles. The number of hydrogen-bond acceptors (Lipinski definition) is 6. The van der Waals surface area contributed by atoms with Crippen molar-refractivity contribution in [2.45, 2.75) is 13.0 Å². The summed E-state index contributed by atoms with van der Waals surface area (Å²) in [6.07, 6.45) is 4.54. The molecule has 0 atom stereocenters. The van der Waals surface area contributed by atoms with Crippen LogP contribution in [-0.2, 0) is 6.54 Å². The van der Waals surface area contributed by atoms with Crippen molar-refractivity contribution in [3.05, 3.63) is 65.4 Å². The molecule has 28 heavy (non-hydrogen) atoms. The molecule has 1 aromatic carbocycles. The predicted octanol–water partition coefficient (Wildman–Crippen LogP) is 4.17. The molecule has 0 aliphatic rings. The minimum Gasteiger partial charge on any atom is -0.366 e. The van der Waals surface area contributed by atoms with E-state index >= 15 is 0 Å². The topological polar surface area (TPSA) is 66.0 Å². The van der Waals surface area contributed by atoms with Gasteiger partial charge in [0.1, 0.15) is 5.82 Å². The standard InChI is InChI=1S/C21H25ClN6/c1-28(2)12-4-9-24-21-26-19(17-7-10-23-11-8-17)14-20(27-21)25-15-16-5-3-6-18(22)13-16/h3,5-8,10-11,13-14H,4,9,12,15H2,1-2H3,(H2,24,25,26,27). The highest BCUT2D eigenvalue weighted by Gasteiger charge is 2.07. The molecule has 146 valence electrons. The Morgan fingerprint density at radius 2 is 1.82 bits per heavy atom. The third kappa shape index (κ3) is 6.18. The van der Waals surface area contributed by atoms with E-state index < -0.39 is 0 Å². The maximum Gasteiger partial charge on any atom is 0.225 e. The highest BCUT2D eigenvalue weighted by Crippen LogP contribution is 2.21. The lowest BCUT2D eigenvalue weighted by atomic mass is 10.2. The Bertz CT molecular complexity index is 885. The van der Waals surface area contributed by atoms with Crippen LogP contribution < -0.4 is 10.6 Å². The van der Waals surface area contributed by atoms with Gasteiger partial charge in [-0.1, -0.05) is 23.7 Å². The Morgan fingerprint density at radius 1 is 1.00 bits per heavy atom. The summed E-state index contributed by atoms with van der Waals surface area (Å²) in [5.74, 6) is 1.37. The van der Waals surface area contributed by atoms with Crippen molar-refractivity contribution < 1.29 is 0 Å². The first-order chi connectivity index (χ1) is 13.6.